The number of aromatic nitrogens is 2. The van der Waals surface area contributed by atoms with Crippen molar-refractivity contribution in [2.75, 3.05) is 37.6 Å². The number of ether oxygens (including phenoxy) is 2. The van der Waals surface area contributed by atoms with Gasteiger partial charge in [-0.15, -0.1) is 0 Å². The summed E-state index contributed by atoms with van der Waals surface area (Å²) in [7, 11) is 0. The van der Waals surface area contributed by atoms with Crippen LogP contribution < -0.4 is 15.5 Å². The van der Waals surface area contributed by atoms with Crippen LogP contribution in [0, 0.1) is 5.92 Å². The molecule has 268 valence electrons. The molecular formula is C42H46N6O4. The first-order valence-corrected chi connectivity index (χ1v) is 18.0. The third-order valence-electron chi connectivity index (χ3n) is 9.94. The number of anilines is 1. The molecule has 5 aromatic rings. The molecule has 10 heteroatoms. The predicted octanol–water partition coefficient (Wildman–Crippen LogP) is 6.25. The van der Waals surface area contributed by atoms with E-state index < -0.39 is 6.29 Å². The van der Waals surface area contributed by atoms with E-state index >= 15 is 0 Å². The van der Waals surface area contributed by atoms with Crippen LogP contribution in [0.25, 0.3) is 11.1 Å². The van der Waals surface area contributed by atoms with Gasteiger partial charge in [0.15, 0.2) is 6.29 Å². The van der Waals surface area contributed by atoms with Gasteiger partial charge in [0.05, 0.1) is 18.8 Å². The number of carbonyl (C=O) groups excluding carboxylic acids is 1. The minimum absolute atomic E-state index is 0.00122. The Bertz CT molecular complexity index is 1890. The lowest BCUT2D eigenvalue weighted by atomic mass is 9.89. The summed E-state index contributed by atoms with van der Waals surface area (Å²) >= 11 is 0. The second-order valence-corrected chi connectivity index (χ2v) is 13.5. The summed E-state index contributed by atoms with van der Waals surface area (Å²) in [4.78, 5) is 26.1. The summed E-state index contributed by atoms with van der Waals surface area (Å²) in [6.45, 7) is 7.36. The number of benzene rings is 4. The van der Waals surface area contributed by atoms with Gasteiger partial charge in [-0.25, -0.2) is 14.8 Å². The number of amides is 2. The molecule has 0 radical (unpaired) electrons. The number of aliphatic hydroxyl groups is 1. The maximum Gasteiger partial charge on any atom is 0.315 e. The molecule has 4 atom stereocenters. The molecule has 3 heterocycles. The first-order valence-electron chi connectivity index (χ1n) is 18.0. The monoisotopic (exact) mass is 698 g/mol. The molecule has 3 N–H and O–H groups in total. The van der Waals surface area contributed by atoms with Crippen molar-refractivity contribution < 1.29 is 19.4 Å². The summed E-state index contributed by atoms with van der Waals surface area (Å²) < 4.78 is 13.6. The summed E-state index contributed by atoms with van der Waals surface area (Å²) in [5.41, 5.74) is 7.02. The van der Waals surface area contributed by atoms with Gasteiger partial charge in [-0.2, -0.15) is 0 Å². The number of hydrogen-bond donors (Lipinski definition) is 3. The number of nitrogens with zero attached hydrogens (tertiary/aromatic N) is 4. The van der Waals surface area contributed by atoms with Gasteiger partial charge in [-0.1, -0.05) is 97.9 Å². The smallest absolute Gasteiger partial charge is 0.315 e. The number of urea groups is 1. The summed E-state index contributed by atoms with van der Waals surface area (Å²) in [5, 5.41) is 15.6. The summed E-state index contributed by atoms with van der Waals surface area (Å²) in [6, 6.07) is 36.1. The summed E-state index contributed by atoms with van der Waals surface area (Å²) in [5.74, 6) is 0.860. The largest absolute Gasteiger partial charge is 0.392 e. The van der Waals surface area contributed by atoms with Crippen molar-refractivity contribution in [1.29, 1.82) is 0 Å². The fourth-order valence-corrected chi connectivity index (χ4v) is 6.92. The quantitative estimate of drug-likeness (QED) is 0.149. The number of aliphatic hydroxyl groups excluding tert-OH is 1. The van der Waals surface area contributed by atoms with E-state index in [-0.39, 0.29) is 30.8 Å². The lowest BCUT2D eigenvalue weighted by Gasteiger charge is -2.44. The molecule has 2 saturated heterocycles. The zero-order valence-electron chi connectivity index (χ0n) is 29.5. The number of rotatable bonds is 11. The van der Waals surface area contributed by atoms with Gasteiger partial charge in [0.2, 0.25) is 5.95 Å². The van der Waals surface area contributed by atoms with Crippen molar-refractivity contribution in [3.63, 3.8) is 0 Å². The molecular weight excluding hydrogens is 653 g/mol. The zero-order valence-corrected chi connectivity index (χ0v) is 29.5. The predicted molar refractivity (Wildman–Crippen MR) is 201 cm³/mol. The van der Waals surface area contributed by atoms with E-state index in [1.54, 1.807) is 12.4 Å². The van der Waals surface area contributed by atoms with Crippen LogP contribution in [0.1, 0.15) is 47.1 Å². The molecule has 7 rings (SSSR count). The number of carbonyl (C=O) groups is 1. The van der Waals surface area contributed by atoms with E-state index in [4.69, 9.17) is 9.47 Å². The van der Waals surface area contributed by atoms with E-state index in [0.717, 1.165) is 77.6 Å². The first-order chi connectivity index (χ1) is 25.5. The maximum absolute atomic E-state index is 12.5. The lowest BCUT2D eigenvalue weighted by molar-refractivity contribution is -0.276. The minimum atomic E-state index is -0.569. The molecule has 4 aromatic carbocycles. The Morgan fingerprint density at radius 3 is 2.13 bits per heavy atom. The Morgan fingerprint density at radius 1 is 0.731 bits per heavy atom. The fourth-order valence-electron chi connectivity index (χ4n) is 6.92. The van der Waals surface area contributed by atoms with E-state index in [0.29, 0.717) is 13.1 Å². The second-order valence-electron chi connectivity index (χ2n) is 13.5. The second kappa shape index (κ2) is 16.9. The van der Waals surface area contributed by atoms with Gasteiger partial charge in [-0.05, 0) is 51.6 Å². The Morgan fingerprint density at radius 2 is 1.40 bits per heavy atom. The molecule has 0 aliphatic carbocycles. The fraction of sp³-hybridized carbons (Fsp3) is 0.310. The topological polar surface area (TPSA) is 112 Å². The Hall–Kier alpha value is -5.13. The third kappa shape index (κ3) is 8.83. The first kappa shape index (κ1) is 35.3. The van der Waals surface area contributed by atoms with Gasteiger partial charge >= 0.3 is 6.03 Å². The van der Waals surface area contributed by atoms with Gasteiger partial charge in [0, 0.05) is 69.7 Å². The maximum atomic E-state index is 12.5. The average Bonchev–Trinajstić information content (AvgIpc) is 3.21. The van der Waals surface area contributed by atoms with E-state index in [9.17, 15) is 9.90 Å². The van der Waals surface area contributed by atoms with Crippen molar-refractivity contribution in [2.45, 2.75) is 45.1 Å². The number of piperazine rings is 1. The SMILES string of the molecule is C[C@@H]1[C@H](CN2CCN(c3ncccn3)CC2)O[C@H](c2cccc(-c3cccc(CNC(=O)NCc4ccccc4)c3)c2)O[C@@H]1c1ccc(CO)cc1. The zero-order chi connectivity index (χ0) is 35.7. The van der Waals surface area contributed by atoms with Crippen molar-refractivity contribution >= 4 is 12.0 Å². The average molecular weight is 699 g/mol. The van der Waals surface area contributed by atoms with E-state index in [2.05, 4.69) is 79.8 Å². The molecule has 10 nitrogen and oxygen atoms in total. The standard InChI is InChI=1S/C42H46N6O4/c1-30-38(28-47-20-22-48(23-21-47)41-43-18-7-19-44-41)51-40(52-39(30)34-16-14-32(29-49)15-17-34)37-13-6-12-36(25-37)35-11-5-10-33(24-35)27-46-42(50)45-26-31-8-3-2-4-9-31/h2-19,24-25,30,38-40,49H,20-23,26-29H2,1H3,(H2,45,46,50)/t30-,38+,39+,40+/m1/s1. The molecule has 2 aliphatic heterocycles. The van der Waals surface area contributed by atoms with Crippen LogP contribution in [0.5, 0.6) is 0 Å². The molecule has 52 heavy (non-hydrogen) atoms. The molecule has 2 fully saturated rings. The summed E-state index contributed by atoms with van der Waals surface area (Å²) in [6.07, 6.45) is 2.74. The van der Waals surface area contributed by atoms with Crippen LogP contribution in [0.4, 0.5) is 10.7 Å². The highest BCUT2D eigenvalue weighted by Crippen LogP contribution is 2.42. The van der Waals surface area contributed by atoms with Crippen molar-refractivity contribution in [3.8, 4) is 11.1 Å². The highest BCUT2D eigenvalue weighted by Gasteiger charge is 2.39. The van der Waals surface area contributed by atoms with Gasteiger partial charge < -0.3 is 30.1 Å². The van der Waals surface area contributed by atoms with E-state index in [1.807, 2.05) is 66.7 Å². The minimum Gasteiger partial charge on any atom is -0.392 e. The molecule has 0 unspecified atom stereocenters. The molecule has 2 amide bonds. The van der Waals surface area contributed by atoms with Crippen LogP contribution in [-0.4, -0.2) is 64.8 Å². The molecule has 1 aromatic heterocycles. The van der Waals surface area contributed by atoms with Crippen LogP contribution >= 0.6 is 0 Å². The van der Waals surface area contributed by atoms with Gasteiger partial charge in [0.1, 0.15) is 0 Å². The number of nitrogens with one attached hydrogen (secondary N) is 2. The van der Waals surface area contributed by atoms with E-state index in [1.165, 1.54) is 0 Å². The van der Waals surface area contributed by atoms with Crippen LogP contribution in [0.3, 0.4) is 0 Å². The van der Waals surface area contributed by atoms with Crippen LogP contribution in [-0.2, 0) is 29.2 Å². The van der Waals surface area contributed by atoms with Gasteiger partial charge in [-0.3, -0.25) is 4.90 Å². The normalized spacial score (nSPS) is 20.7. The van der Waals surface area contributed by atoms with Crippen LogP contribution in [0.2, 0.25) is 0 Å². The molecule has 2 aliphatic rings. The lowest BCUT2D eigenvalue weighted by Crippen LogP contribution is -2.51. The van der Waals surface area contributed by atoms with Crippen molar-refractivity contribution in [1.82, 2.24) is 25.5 Å². The Balaban J connectivity index is 1.05. The third-order valence-corrected chi connectivity index (χ3v) is 9.94. The van der Waals surface area contributed by atoms with Crippen molar-refractivity contribution in [3.05, 3.63) is 149 Å². The Kier molecular flexibility index (Phi) is 11.5. The van der Waals surface area contributed by atoms with Crippen LogP contribution in [0.15, 0.2) is 122 Å². The highest BCUT2D eigenvalue weighted by atomic mass is 16.7. The van der Waals surface area contributed by atoms with Gasteiger partial charge in [0.25, 0.3) is 0 Å². The highest BCUT2D eigenvalue weighted by molar-refractivity contribution is 5.74. The Labute approximate surface area is 305 Å². The molecule has 0 bridgehead atoms. The molecule has 0 spiro atoms. The number of hydrogen-bond acceptors (Lipinski definition) is 8. The van der Waals surface area contributed by atoms with Crippen molar-refractivity contribution in [2.24, 2.45) is 5.92 Å². The molecule has 0 saturated carbocycles.